The molecular weight excluding hydrogens is 352 g/mol. The molecule has 4 aliphatic carbocycles. The van der Waals surface area contributed by atoms with Crippen molar-refractivity contribution in [2.75, 3.05) is 0 Å². The summed E-state index contributed by atoms with van der Waals surface area (Å²) < 4.78 is 5.57. The molecule has 7 nitrogen and oxygen atoms in total. The van der Waals surface area contributed by atoms with Crippen molar-refractivity contribution in [1.29, 1.82) is 0 Å². The average molecular weight is 380 g/mol. The van der Waals surface area contributed by atoms with E-state index in [-0.39, 0.29) is 5.57 Å². The molecule has 0 aromatic rings. The highest BCUT2D eigenvalue weighted by Crippen LogP contribution is 2.77. The van der Waals surface area contributed by atoms with Crippen LogP contribution in [0.5, 0.6) is 0 Å². The van der Waals surface area contributed by atoms with E-state index in [0.717, 1.165) is 0 Å². The minimum Gasteiger partial charge on any atom is -0.392 e. The van der Waals surface area contributed by atoms with E-state index in [0.29, 0.717) is 25.7 Å². The zero-order valence-electron chi connectivity index (χ0n) is 15.6. The second-order valence-corrected chi connectivity index (χ2v) is 10.0. The Kier molecular flexibility index (Phi) is 3.26. The number of hydrogen-bond donors (Lipinski definition) is 5. The lowest BCUT2D eigenvalue weighted by Gasteiger charge is -2.75. The minimum atomic E-state index is -2.42. The van der Waals surface area contributed by atoms with Crippen LogP contribution >= 0.6 is 0 Å². The molecule has 0 amide bonds. The van der Waals surface area contributed by atoms with Crippen LogP contribution in [0.3, 0.4) is 0 Å². The SMILES string of the molecule is C=C1C(=O)[C@]23C(O)C1CC[C@@H]2[C@]12C(O)CCC(C)(C)[C@@H]1C(O)[C@@]3(O)OC2O. The Morgan fingerprint density at radius 3 is 2.41 bits per heavy atom. The van der Waals surface area contributed by atoms with Gasteiger partial charge in [0.15, 0.2) is 12.1 Å². The van der Waals surface area contributed by atoms with Gasteiger partial charge in [-0.15, -0.1) is 0 Å². The molecule has 10 atom stereocenters. The summed E-state index contributed by atoms with van der Waals surface area (Å²) in [6, 6.07) is 0. The third kappa shape index (κ3) is 1.52. The van der Waals surface area contributed by atoms with Crippen molar-refractivity contribution in [2.45, 2.75) is 69.9 Å². The summed E-state index contributed by atoms with van der Waals surface area (Å²) in [6.07, 6.45) is -3.43. The summed E-state index contributed by atoms with van der Waals surface area (Å²) in [5, 5.41) is 56.2. The summed E-state index contributed by atoms with van der Waals surface area (Å²) in [7, 11) is 0. The van der Waals surface area contributed by atoms with Gasteiger partial charge in [0.1, 0.15) is 11.5 Å². The number of fused-ring (bicyclic) bond motifs is 2. The first-order valence-electron chi connectivity index (χ1n) is 9.85. The van der Waals surface area contributed by atoms with Crippen molar-refractivity contribution in [3.8, 4) is 0 Å². The number of hydrogen-bond acceptors (Lipinski definition) is 7. The van der Waals surface area contributed by atoms with Gasteiger partial charge in [-0.1, -0.05) is 20.4 Å². The lowest BCUT2D eigenvalue weighted by molar-refractivity contribution is -0.507. The van der Waals surface area contributed by atoms with Gasteiger partial charge in [0.2, 0.25) is 5.79 Å². The van der Waals surface area contributed by atoms with Crippen LogP contribution in [-0.2, 0) is 9.53 Å². The molecule has 5 unspecified atom stereocenters. The van der Waals surface area contributed by atoms with Crippen LogP contribution in [0.1, 0.15) is 39.5 Å². The average Bonchev–Trinajstić information content (AvgIpc) is 2.70. The van der Waals surface area contributed by atoms with Gasteiger partial charge in [0.05, 0.1) is 17.6 Å². The Morgan fingerprint density at radius 1 is 1.07 bits per heavy atom. The summed E-state index contributed by atoms with van der Waals surface area (Å²) in [4.78, 5) is 13.4. The molecule has 0 aromatic heterocycles. The zero-order chi connectivity index (χ0) is 19.7. The van der Waals surface area contributed by atoms with E-state index < -0.39 is 70.2 Å². The minimum absolute atomic E-state index is 0.230. The number of ether oxygens (including phenoxy) is 1. The fourth-order valence-corrected chi connectivity index (χ4v) is 7.96. The second-order valence-electron chi connectivity index (χ2n) is 10.0. The first-order chi connectivity index (χ1) is 12.5. The summed E-state index contributed by atoms with van der Waals surface area (Å²) in [5.41, 5.74) is -3.41. The van der Waals surface area contributed by atoms with Crippen LogP contribution in [-0.4, -0.2) is 61.7 Å². The molecule has 4 bridgehead atoms. The Balaban J connectivity index is 1.84. The molecule has 6 rings (SSSR count). The van der Waals surface area contributed by atoms with Gasteiger partial charge in [-0.3, -0.25) is 4.79 Å². The predicted molar refractivity (Wildman–Crippen MR) is 91.8 cm³/mol. The van der Waals surface area contributed by atoms with Gasteiger partial charge < -0.3 is 30.3 Å². The van der Waals surface area contributed by atoms with E-state index in [1.165, 1.54) is 0 Å². The summed E-state index contributed by atoms with van der Waals surface area (Å²) in [5.74, 6) is -4.83. The molecule has 0 radical (unpaired) electrons. The molecule has 2 spiro atoms. The van der Waals surface area contributed by atoms with E-state index in [1.54, 1.807) is 0 Å². The van der Waals surface area contributed by atoms with E-state index in [9.17, 15) is 30.3 Å². The van der Waals surface area contributed by atoms with Crippen molar-refractivity contribution in [3.63, 3.8) is 0 Å². The van der Waals surface area contributed by atoms with Crippen LogP contribution in [0.25, 0.3) is 0 Å². The normalized spacial score (nSPS) is 60.9. The molecule has 2 heterocycles. The molecule has 4 saturated carbocycles. The number of aliphatic hydroxyl groups is 5. The topological polar surface area (TPSA) is 127 Å². The van der Waals surface area contributed by atoms with E-state index in [4.69, 9.17) is 4.74 Å². The lowest BCUT2D eigenvalue weighted by Crippen LogP contribution is -2.87. The predicted octanol–water partition coefficient (Wildman–Crippen LogP) is -0.306. The van der Waals surface area contributed by atoms with Crippen LogP contribution in [0.4, 0.5) is 0 Å². The highest BCUT2D eigenvalue weighted by molar-refractivity contribution is 6.05. The molecule has 5 N–H and O–H groups in total. The van der Waals surface area contributed by atoms with Gasteiger partial charge in [-0.05, 0) is 42.6 Å². The molecular formula is C20H28O7. The number of carbonyl (C=O) groups excluding carboxylic acids is 1. The standard InChI is InChI=1S/C20H28O7/c1-8-9-4-5-10-18-11(21)6-7-17(2,3)12(18)15(24)20(26,27-16(18)25)19(10,13(8)22)14(9)23/h9-12,14-16,21,23-26H,1,4-7H2,2-3H3/t9?,10-,11?,12+,14?,15?,16?,18+,19+,20-/m1/s1. The highest BCUT2D eigenvalue weighted by Gasteiger charge is 2.88. The molecule has 27 heavy (non-hydrogen) atoms. The fraction of sp³-hybridized carbons (Fsp3) is 0.850. The molecule has 2 saturated heterocycles. The van der Waals surface area contributed by atoms with Crippen LogP contribution in [0, 0.1) is 34.0 Å². The lowest BCUT2D eigenvalue weighted by atomic mass is 9.35. The quantitative estimate of drug-likeness (QED) is 0.365. The Bertz CT molecular complexity index is 749. The Hall–Kier alpha value is -0.830. The number of ketones is 1. The summed E-state index contributed by atoms with van der Waals surface area (Å²) >= 11 is 0. The molecule has 0 aromatic carbocycles. The van der Waals surface area contributed by atoms with E-state index in [2.05, 4.69) is 6.58 Å². The number of aliphatic hydroxyl groups excluding tert-OH is 4. The molecule has 2 aliphatic heterocycles. The van der Waals surface area contributed by atoms with Gasteiger partial charge in [-0.2, -0.15) is 0 Å². The smallest absolute Gasteiger partial charge is 0.211 e. The maximum absolute atomic E-state index is 13.4. The van der Waals surface area contributed by atoms with Crippen molar-refractivity contribution in [2.24, 2.45) is 34.0 Å². The maximum atomic E-state index is 13.4. The fourth-order valence-electron chi connectivity index (χ4n) is 7.96. The van der Waals surface area contributed by atoms with Crippen molar-refractivity contribution < 1.29 is 35.1 Å². The van der Waals surface area contributed by atoms with E-state index >= 15 is 0 Å². The number of Topliss-reactive ketones (excluding diaryl/α,β-unsaturated/α-hetero) is 1. The Morgan fingerprint density at radius 2 is 1.74 bits per heavy atom. The largest absolute Gasteiger partial charge is 0.392 e. The van der Waals surface area contributed by atoms with Crippen LogP contribution in [0.15, 0.2) is 12.2 Å². The van der Waals surface area contributed by atoms with Gasteiger partial charge >= 0.3 is 0 Å². The molecule has 6 aliphatic rings. The van der Waals surface area contributed by atoms with Crippen molar-refractivity contribution in [3.05, 3.63) is 12.2 Å². The van der Waals surface area contributed by atoms with Crippen molar-refractivity contribution >= 4 is 5.78 Å². The van der Waals surface area contributed by atoms with Crippen LogP contribution < -0.4 is 0 Å². The highest BCUT2D eigenvalue weighted by atomic mass is 16.7. The Labute approximate surface area is 157 Å². The number of carbonyl (C=O) groups is 1. The monoisotopic (exact) mass is 380 g/mol. The van der Waals surface area contributed by atoms with Crippen molar-refractivity contribution in [1.82, 2.24) is 0 Å². The van der Waals surface area contributed by atoms with E-state index in [1.807, 2.05) is 13.8 Å². The summed E-state index contributed by atoms with van der Waals surface area (Å²) in [6.45, 7) is 7.72. The third-order valence-electron chi connectivity index (χ3n) is 8.93. The second kappa shape index (κ2) is 4.83. The molecule has 7 heteroatoms. The first-order valence-corrected chi connectivity index (χ1v) is 9.85. The van der Waals surface area contributed by atoms with Crippen LogP contribution in [0.2, 0.25) is 0 Å². The maximum Gasteiger partial charge on any atom is 0.211 e. The zero-order valence-corrected chi connectivity index (χ0v) is 15.6. The number of rotatable bonds is 0. The molecule has 150 valence electrons. The third-order valence-corrected chi connectivity index (χ3v) is 8.93. The van der Waals surface area contributed by atoms with Gasteiger partial charge in [-0.25, -0.2) is 0 Å². The molecule has 6 fully saturated rings. The van der Waals surface area contributed by atoms with Gasteiger partial charge in [0.25, 0.3) is 0 Å². The van der Waals surface area contributed by atoms with Gasteiger partial charge in [0, 0.05) is 11.8 Å². The first kappa shape index (κ1) is 18.2.